The molecular formula is C20H25N3O3. The number of carbonyl (C=O) groups excluding carboxylic acids is 1. The topological polar surface area (TPSA) is 84.6 Å². The first-order chi connectivity index (χ1) is 12.4. The molecule has 2 aliphatic heterocycles. The van der Waals surface area contributed by atoms with Gasteiger partial charge in [0.05, 0.1) is 11.6 Å². The van der Waals surface area contributed by atoms with Crippen LogP contribution in [0.25, 0.3) is 0 Å². The number of rotatable bonds is 4. The van der Waals surface area contributed by atoms with Crippen LogP contribution in [0, 0.1) is 16.7 Å². The molecule has 3 rings (SSSR count). The maximum atomic E-state index is 12.2. The van der Waals surface area contributed by atoms with Crippen LogP contribution in [0.15, 0.2) is 24.3 Å². The van der Waals surface area contributed by atoms with E-state index in [2.05, 4.69) is 11.0 Å². The Morgan fingerprint density at radius 3 is 2.73 bits per heavy atom. The lowest BCUT2D eigenvalue weighted by atomic mass is 9.72. The predicted molar refractivity (Wildman–Crippen MR) is 96.1 cm³/mol. The average Bonchev–Trinajstić information content (AvgIpc) is 2.65. The highest BCUT2D eigenvalue weighted by atomic mass is 16.4. The van der Waals surface area contributed by atoms with Crippen molar-refractivity contribution < 1.29 is 14.7 Å². The smallest absolute Gasteiger partial charge is 0.326 e. The van der Waals surface area contributed by atoms with Crippen LogP contribution in [0.3, 0.4) is 0 Å². The van der Waals surface area contributed by atoms with E-state index in [1.54, 1.807) is 11.8 Å². The molecule has 1 aromatic rings. The summed E-state index contributed by atoms with van der Waals surface area (Å²) in [5, 5.41) is 18.3. The van der Waals surface area contributed by atoms with Gasteiger partial charge in [0.25, 0.3) is 0 Å². The number of benzene rings is 1. The number of hydrogen-bond donors (Lipinski definition) is 1. The van der Waals surface area contributed by atoms with Gasteiger partial charge in [-0.2, -0.15) is 5.26 Å². The van der Waals surface area contributed by atoms with Crippen LogP contribution in [0.4, 0.5) is 0 Å². The van der Waals surface area contributed by atoms with E-state index in [0.29, 0.717) is 18.5 Å². The zero-order chi connectivity index (χ0) is 18.7. The Bertz CT molecular complexity index is 732. The fourth-order valence-corrected chi connectivity index (χ4v) is 4.12. The molecule has 1 aromatic carbocycles. The molecule has 2 aliphatic rings. The largest absolute Gasteiger partial charge is 0.480 e. The van der Waals surface area contributed by atoms with Crippen LogP contribution < -0.4 is 0 Å². The van der Waals surface area contributed by atoms with E-state index < -0.39 is 12.0 Å². The van der Waals surface area contributed by atoms with Gasteiger partial charge in [-0.25, -0.2) is 4.79 Å². The summed E-state index contributed by atoms with van der Waals surface area (Å²) in [5.41, 5.74) is 1.86. The second-order valence-electron chi connectivity index (χ2n) is 7.62. The Labute approximate surface area is 154 Å². The van der Waals surface area contributed by atoms with Crippen LogP contribution in [-0.4, -0.2) is 52.5 Å². The van der Waals surface area contributed by atoms with E-state index in [1.807, 2.05) is 24.3 Å². The second-order valence-corrected chi connectivity index (χ2v) is 7.62. The van der Waals surface area contributed by atoms with Gasteiger partial charge in [0.2, 0.25) is 5.91 Å². The number of hydrogen-bond acceptors (Lipinski definition) is 4. The van der Waals surface area contributed by atoms with Gasteiger partial charge in [0.1, 0.15) is 6.04 Å². The lowest BCUT2D eigenvalue weighted by Gasteiger charge is -2.48. The second kappa shape index (κ2) is 7.46. The molecule has 2 heterocycles. The number of aliphatic carboxylic acids is 1. The molecule has 2 saturated heterocycles. The highest BCUT2D eigenvalue weighted by Crippen LogP contribution is 2.41. The summed E-state index contributed by atoms with van der Waals surface area (Å²) in [6, 6.07) is 9.12. The quantitative estimate of drug-likeness (QED) is 0.895. The lowest BCUT2D eigenvalue weighted by molar-refractivity contribution is -0.155. The van der Waals surface area contributed by atoms with Crippen molar-refractivity contribution in [3.05, 3.63) is 35.4 Å². The zero-order valence-corrected chi connectivity index (χ0v) is 15.1. The van der Waals surface area contributed by atoms with E-state index in [1.165, 1.54) is 0 Å². The third kappa shape index (κ3) is 3.88. The van der Waals surface area contributed by atoms with E-state index in [9.17, 15) is 14.7 Å². The summed E-state index contributed by atoms with van der Waals surface area (Å²) in [6.07, 6.45) is 3.25. The number of carbonyl (C=O) groups is 2. The molecule has 0 bridgehead atoms. The lowest BCUT2D eigenvalue weighted by Crippen LogP contribution is -2.55. The summed E-state index contributed by atoms with van der Waals surface area (Å²) in [6.45, 7) is 4.83. The fraction of sp³-hybridized carbons (Fsp3) is 0.550. The maximum absolute atomic E-state index is 12.2. The van der Waals surface area contributed by atoms with Gasteiger partial charge in [-0.05, 0) is 62.4 Å². The summed E-state index contributed by atoms with van der Waals surface area (Å²) in [5.74, 6) is -0.980. The molecule has 0 aliphatic carbocycles. The number of carboxylic acids is 1. The van der Waals surface area contributed by atoms with Crippen molar-refractivity contribution >= 4 is 11.9 Å². The van der Waals surface area contributed by atoms with Crippen molar-refractivity contribution in [2.24, 2.45) is 5.41 Å². The van der Waals surface area contributed by atoms with E-state index >= 15 is 0 Å². The molecule has 0 unspecified atom stereocenters. The molecule has 2 fully saturated rings. The van der Waals surface area contributed by atoms with Gasteiger partial charge in [0.15, 0.2) is 0 Å². The molecular weight excluding hydrogens is 330 g/mol. The van der Waals surface area contributed by atoms with Crippen molar-refractivity contribution in [1.82, 2.24) is 9.80 Å². The molecule has 6 heteroatoms. The monoisotopic (exact) mass is 355 g/mol. The summed E-state index contributed by atoms with van der Waals surface area (Å²) in [4.78, 5) is 27.4. The highest BCUT2D eigenvalue weighted by Gasteiger charge is 2.43. The number of carboxylic acid groups (broad SMARTS) is 1. The fourth-order valence-electron chi connectivity index (χ4n) is 4.12. The Kier molecular flexibility index (Phi) is 5.28. The van der Waals surface area contributed by atoms with Gasteiger partial charge in [-0.3, -0.25) is 9.69 Å². The van der Waals surface area contributed by atoms with Gasteiger partial charge in [-0.15, -0.1) is 0 Å². The first-order valence-corrected chi connectivity index (χ1v) is 9.16. The Hall–Kier alpha value is -2.39. The van der Waals surface area contributed by atoms with Crippen molar-refractivity contribution in [2.75, 3.05) is 19.6 Å². The van der Waals surface area contributed by atoms with Gasteiger partial charge >= 0.3 is 5.97 Å². The number of likely N-dealkylation sites (tertiary alicyclic amines) is 2. The summed E-state index contributed by atoms with van der Waals surface area (Å²) in [7, 11) is 0. The van der Waals surface area contributed by atoms with Crippen molar-refractivity contribution in [3.63, 3.8) is 0 Å². The first kappa shape index (κ1) is 18.4. The molecule has 1 spiro atoms. The molecule has 0 saturated carbocycles. The molecule has 0 radical (unpaired) electrons. The average molecular weight is 355 g/mol. The minimum atomic E-state index is -0.940. The molecule has 1 atom stereocenters. The van der Waals surface area contributed by atoms with Crippen LogP contribution >= 0.6 is 0 Å². The summed E-state index contributed by atoms with van der Waals surface area (Å²) >= 11 is 0. The van der Waals surface area contributed by atoms with Crippen molar-refractivity contribution in [1.29, 1.82) is 5.26 Å². The van der Waals surface area contributed by atoms with Gasteiger partial charge in [-0.1, -0.05) is 12.1 Å². The zero-order valence-electron chi connectivity index (χ0n) is 15.1. The molecule has 26 heavy (non-hydrogen) atoms. The summed E-state index contributed by atoms with van der Waals surface area (Å²) < 4.78 is 0. The number of nitriles is 1. The number of nitrogens with zero attached hydrogens (tertiary/aromatic N) is 3. The van der Waals surface area contributed by atoms with Gasteiger partial charge in [0, 0.05) is 19.5 Å². The number of amides is 1. The van der Waals surface area contributed by atoms with Crippen LogP contribution in [-0.2, 0) is 16.1 Å². The van der Waals surface area contributed by atoms with E-state index in [4.69, 9.17) is 5.26 Å². The SMILES string of the molecule is C[C@H](C(=O)O)N1CC2(CCC1=O)CCN(Cc1cccc(C#N)c1)CC2. The van der Waals surface area contributed by atoms with Gasteiger partial charge < -0.3 is 10.0 Å². The minimum Gasteiger partial charge on any atom is -0.480 e. The van der Waals surface area contributed by atoms with Crippen LogP contribution in [0.2, 0.25) is 0 Å². The first-order valence-electron chi connectivity index (χ1n) is 9.16. The Morgan fingerprint density at radius 2 is 2.08 bits per heavy atom. The molecule has 0 aromatic heterocycles. The predicted octanol–water partition coefficient (Wildman–Crippen LogP) is 2.24. The molecule has 138 valence electrons. The molecule has 1 N–H and O–H groups in total. The molecule has 6 nitrogen and oxygen atoms in total. The number of piperidine rings is 2. The third-order valence-corrected chi connectivity index (χ3v) is 5.90. The normalized spacial score (nSPS) is 21.4. The van der Waals surface area contributed by atoms with E-state index in [-0.39, 0.29) is 11.3 Å². The Balaban J connectivity index is 1.61. The maximum Gasteiger partial charge on any atom is 0.326 e. The minimum absolute atomic E-state index is 0.0405. The van der Waals surface area contributed by atoms with Crippen molar-refractivity contribution in [3.8, 4) is 6.07 Å². The molecule has 1 amide bonds. The Morgan fingerprint density at radius 1 is 1.35 bits per heavy atom. The van der Waals surface area contributed by atoms with E-state index in [0.717, 1.165) is 44.5 Å². The third-order valence-electron chi connectivity index (χ3n) is 5.90. The standard InChI is InChI=1S/C20H25N3O3/c1-15(19(25)26)23-14-20(6-5-18(23)24)7-9-22(10-8-20)13-17-4-2-3-16(11-17)12-21/h2-4,11,15H,5-10,13-14H2,1H3,(H,25,26)/t15-/m1/s1. The highest BCUT2D eigenvalue weighted by molar-refractivity contribution is 5.84. The van der Waals surface area contributed by atoms with Crippen LogP contribution in [0.1, 0.15) is 43.7 Å². The van der Waals surface area contributed by atoms with Crippen molar-refractivity contribution in [2.45, 2.75) is 45.2 Å². The van der Waals surface area contributed by atoms with Crippen LogP contribution in [0.5, 0.6) is 0 Å².